The number of para-hydroxylation sites is 1. The fourth-order valence-electron chi connectivity index (χ4n) is 2.95. The highest BCUT2D eigenvalue weighted by molar-refractivity contribution is 6.30. The van der Waals surface area contributed by atoms with E-state index in [1.807, 2.05) is 43.3 Å². The molecule has 0 aliphatic carbocycles. The van der Waals surface area contributed by atoms with E-state index in [0.717, 1.165) is 11.1 Å². The third-order valence-electron chi connectivity index (χ3n) is 4.33. The monoisotopic (exact) mass is 407 g/mol. The Morgan fingerprint density at radius 1 is 1.03 bits per heavy atom. The summed E-state index contributed by atoms with van der Waals surface area (Å²) >= 11 is 5.85. The lowest BCUT2D eigenvalue weighted by Crippen LogP contribution is -2.13. The van der Waals surface area contributed by atoms with Crippen LogP contribution < -0.4 is 4.74 Å². The average Bonchev–Trinajstić information content (AvgIpc) is 3.18. The van der Waals surface area contributed by atoms with Gasteiger partial charge in [0.25, 0.3) is 0 Å². The Bertz CT molecular complexity index is 1150. The molecule has 2 heterocycles. The smallest absolute Gasteiger partial charge is 0.339 e. The van der Waals surface area contributed by atoms with Crippen molar-refractivity contribution in [1.82, 2.24) is 4.98 Å². The van der Waals surface area contributed by atoms with Crippen LogP contribution in [0, 0.1) is 6.92 Å². The van der Waals surface area contributed by atoms with Crippen LogP contribution in [0.4, 0.5) is 0 Å². The molecule has 0 atom stereocenters. The number of hydrogen-bond donors (Lipinski definition) is 0. The first-order valence-electron chi connectivity index (χ1n) is 9.12. The molecule has 6 heteroatoms. The van der Waals surface area contributed by atoms with Crippen molar-refractivity contribution in [3.05, 3.63) is 83.1 Å². The van der Waals surface area contributed by atoms with Crippen LogP contribution in [0.1, 0.15) is 16.1 Å². The third-order valence-corrected chi connectivity index (χ3v) is 4.58. The van der Waals surface area contributed by atoms with Crippen molar-refractivity contribution < 1.29 is 18.7 Å². The van der Waals surface area contributed by atoms with E-state index in [9.17, 15) is 4.79 Å². The van der Waals surface area contributed by atoms with E-state index < -0.39 is 5.97 Å². The summed E-state index contributed by atoms with van der Waals surface area (Å²) in [6.07, 6.45) is 0. The third kappa shape index (κ3) is 4.41. The number of pyridine rings is 1. The first-order valence-corrected chi connectivity index (χ1v) is 9.50. The van der Waals surface area contributed by atoms with E-state index >= 15 is 0 Å². The minimum atomic E-state index is -0.437. The molecular formula is C23H18ClNO4. The molecule has 146 valence electrons. The maximum absolute atomic E-state index is 12.7. The summed E-state index contributed by atoms with van der Waals surface area (Å²) in [6.45, 7) is 2.22. The zero-order chi connectivity index (χ0) is 20.2. The van der Waals surface area contributed by atoms with E-state index in [-0.39, 0.29) is 13.2 Å². The minimum Gasteiger partial charge on any atom is -0.490 e. The number of rotatable bonds is 6. The van der Waals surface area contributed by atoms with Crippen LogP contribution in [0.5, 0.6) is 5.75 Å². The number of benzene rings is 2. The number of carbonyl (C=O) groups excluding carboxylic acids is 1. The minimum absolute atomic E-state index is 0.118. The van der Waals surface area contributed by atoms with E-state index in [2.05, 4.69) is 4.98 Å². The van der Waals surface area contributed by atoms with Crippen molar-refractivity contribution in [2.45, 2.75) is 6.92 Å². The zero-order valence-electron chi connectivity index (χ0n) is 15.7. The van der Waals surface area contributed by atoms with Gasteiger partial charge in [-0.1, -0.05) is 29.8 Å². The van der Waals surface area contributed by atoms with Crippen molar-refractivity contribution in [3.8, 4) is 17.2 Å². The summed E-state index contributed by atoms with van der Waals surface area (Å²) in [7, 11) is 0. The molecule has 0 bridgehead atoms. The van der Waals surface area contributed by atoms with Crippen molar-refractivity contribution in [2.24, 2.45) is 0 Å². The maximum atomic E-state index is 12.7. The van der Waals surface area contributed by atoms with E-state index in [1.165, 1.54) is 0 Å². The first kappa shape index (κ1) is 19.0. The number of halogens is 1. The Hall–Kier alpha value is -3.31. The fourth-order valence-corrected chi connectivity index (χ4v) is 3.07. The van der Waals surface area contributed by atoms with Gasteiger partial charge in [0, 0.05) is 10.4 Å². The maximum Gasteiger partial charge on any atom is 0.339 e. The van der Waals surface area contributed by atoms with Crippen molar-refractivity contribution in [1.29, 1.82) is 0 Å². The van der Waals surface area contributed by atoms with Gasteiger partial charge in [0.05, 0.1) is 11.1 Å². The summed E-state index contributed by atoms with van der Waals surface area (Å²) in [5.41, 5.74) is 1.72. The molecule has 0 aliphatic heterocycles. The number of ether oxygens (including phenoxy) is 2. The van der Waals surface area contributed by atoms with Gasteiger partial charge in [-0.2, -0.15) is 0 Å². The number of carbonyl (C=O) groups is 1. The topological polar surface area (TPSA) is 61.6 Å². The van der Waals surface area contributed by atoms with E-state index in [4.69, 9.17) is 25.5 Å². The molecule has 0 amide bonds. The van der Waals surface area contributed by atoms with Crippen LogP contribution in [-0.2, 0) is 4.74 Å². The second-order valence-corrected chi connectivity index (χ2v) is 6.86. The lowest BCUT2D eigenvalue weighted by molar-refractivity contribution is 0.0452. The van der Waals surface area contributed by atoms with Crippen molar-refractivity contribution in [2.75, 3.05) is 13.2 Å². The van der Waals surface area contributed by atoms with Crippen LogP contribution in [-0.4, -0.2) is 24.2 Å². The van der Waals surface area contributed by atoms with Crippen molar-refractivity contribution >= 4 is 28.5 Å². The largest absolute Gasteiger partial charge is 0.490 e. The summed E-state index contributed by atoms with van der Waals surface area (Å²) < 4.78 is 16.7. The second-order valence-electron chi connectivity index (χ2n) is 6.42. The molecule has 0 aliphatic rings. The number of nitrogens with zero attached hydrogens (tertiary/aromatic N) is 1. The predicted molar refractivity (Wildman–Crippen MR) is 111 cm³/mol. The summed E-state index contributed by atoms with van der Waals surface area (Å²) in [5.74, 6) is 1.61. The van der Waals surface area contributed by atoms with Gasteiger partial charge in [-0.3, -0.25) is 0 Å². The van der Waals surface area contributed by atoms with Gasteiger partial charge in [0.1, 0.15) is 30.4 Å². The molecular weight excluding hydrogens is 390 g/mol. The summed E-state index contributed by atoms with van der Waals surface area (Å²) in [6, 6.07) is 19.8. The number of hydrogen-bond acceptors (Lipinski definition) is 5. The molecule has 2 aromatic carbocycles. The van der Waals surface area contributed by atoms with Crippen LogP contribution in [0.15, 0.2) is 71.1 Å². The molecule has 0 spiro atoms. The number of furan rings is 1. The van der Waals surface area contributed by atoms with Gasteiger partial charge in [0.2, 0.25) is 0 Å². The Kier molecular flexibility index (Phi) is 5.49. The zero-order valence-corrected chi connectivity index (χ0v) is 16.5. The van der Waals surface area contributed by atoms with Gasteiger partial charge in [-0.15, -0.1) is 0 Å². The van der Waals surface area contributed by atoms with Crippen LogP contribution in [0.3, 0.4) is 0 Å². The first-order chi connectivity index (χ1) is 14.1. The number of aryl methyl sites for hydroxylation is 1. The molecule has 0 fully saturated rings. The van der Waals surface area contributed by atoms with Gasteiger partial charge in [0.15, 0.2) is 5.76 Å². The average molecular weight is 408 g/mol. The normalized spacial score (nSPS) is 10.8. The molecule has 4 aromatic rings. The molecule has 5 nitrogen and oxygen atoms in total. The van der Waals surface area contributed by atoms with Crippen LogP contribution >= 0.6 is 11.6 Å². The summed E-state index contributed by atoms with van der Waals surface area (Å²) in [4.78, 5) is 17.4. The fraction of sp³-hybridized carbons (Fsp3) is 0.130. The van der Waals surface area contributed by atoms with E-state index in [1.54, 1.807) is 30.3 Å². The van der Waals surface area contributed by atoms with Crippen molar-refractivity contribution in [3.63, 3.8) is 0 Å². The van der Waals surface area contributed by atoms with Gasteiger partial charge in [-0.05, 0) is 55.5 Å². The Balaban J connectivity index is 1.51. The van der Waals surface area contributed by atoms with Crippen LogP contribution in [0.2, 0.25) is 5.02 Å². The summed E-state index contributed by atoms with van der Waals surface area (Å²) in [5, 5.41) is 1.36. The molecule has 0 N–H and O–H groups in total. The van der Waals surface area contributed by atoms with Gasteiger partial charge < -0.3 is 13.9 Å². The highest BCUT2D eigenvalue weighted by Gasteiger charge is 2.16. The molecule has 0 saturated carbocycles. The standard InChI is InChI=1S/C23H18ClNO4/c1-15-6-11-22(29-15)21-14-19(18-4-2-3-5-20(18)25-21)23(26)28-13-12-27-17-9-7-16(24)8-10-17/h2-11,14H,12-13H2,1H3. The number of esters is 1. The van der Waals surface area contributed by atoms with Gasteiger partial charge >= 0.3 is 5.97 Å². The predicted octanol–water partition coefficient (Wildman–Crippen LogP) is 5.69. The Morgan fingerprint density at radius 3 is 2.59 bits per heavy atom. The van der Waals surface area contributed by atoms with Gasteiger partial charge in [-0.25, -0.2) is 9.78 Å². The molecule has 29 heavy (non-hydrogen) atoms. The quantitative estimate of drug-likeness (QED) is 0.303. The lowest BCUT2D eigenvalue weighted by Gasteiger charge is -2.10. The highest BCUT2D eigenvalue weighted by Crippen LogP contribution is 2.26. The van der Waals surface area contributed by atoms with E-state index in [0.29, 0.717) is 33.3 Å². The molecule has 0 unspecified atom stereocenters. The lowest BCUT2D eigenvalue weighted by atomic mass is 10.1. The molecule has 4 rings (SSSR count). The SMILES string of the molecule is Cc1ccc(-c2cc(C(=O)OCCOc3ccc(Cl)cc3)c3ccccc3n2)o1. The number of fused-ring (bicyclic) bond motifs is 1. The van der Waals surface area contributed by atoms with Crippen LogP contribution in [0.25, 0.3) is 22.4 Å². The second kappa shape index (κ2) is 8.37. The molecule has 0 saturated heterocycles. The molecule has 0 radical (unpaired) electrons. The Morgan fingerprint density at radius 2 is 1.83 bits per heavy atom. The highest BCUT2D eigenvalue weighted by atomic mass is 35.5. The Labute approximate surface area is 172 Å². The number of aromatic nitrogens is 1. The molecule has 2 aromatic heterocycles.